The van der Waals surface area contributed by atoms with Gasteiger partial charge in [0.25, 0.3) is 0 Å². The summed E-state index contributed by atoms with van der Waals surface area (Å²) >= 11 is 0. The molecule has 28 heavy (non-hydrogen) atoms. The van der Waals surface area contributed by atoms with Crippen LogP contribution in [-0.2, 0) is 6.42 Å². The molecule has 0 saturated heterocycles. The van der Waals surface area contributed by atoms with Crippen molar-refractivity contribution < 1.29 is 6.48 Å². The molecule has 0 amide bonds. The van der Waals surface area contributed by atoms with Crippen molar-refractivity contribution >= 4 is 14.1 Å². The summed E-state index contributed by atoms with van der Waals surface area (Å²) in [4.78, 5) is 0. The number of aliphatic hydroxyl groups is 1. The number of hydrogen-bond acceptors (Lipinski definition) is 1. The molecule has 3 rings (SSSR count). The molecule has 1 aliphatic carbocycles. The maximum absolute atomic E-state index is 11.3. The first-order valence-electron chi connectivity index (χ1n) is 11.1. The van der Waals surface area contributed by atoms with Crippen LogP contribution in [0.2, 0.25) is 19.6 Å². The Balaban J connectivity index is 1.99. The Morgan fingerprint density at radius 1 is 1.00 bits per heavy atom. The molecule has 2 heteroatoms. The fraction of sp³-hybridized carbons (Fsp3) is 0.385. The third kappa shape index (κ3) is 5.56. The fourth-order valence-corrected chi connectivity index (χ4v) is 6.61. The van der Waals surface area contributed by atoms with Gasteiger partial charge in [-0.2, -0.15) is 0 Å². The normalized spacial score (nSPS) is 20.4. The molecule has 0 aromatic heterocycles. The number of aliphatic hydroxyl groups excluding tert-OH is 1. The van der Waals surface area contributed by atoms with Gasteiger partial charge in [-0.05, 0) is 60.8 Å². The molecule has 0 radical (unpaired) electrons. The lowest BCUT2D eigenvalue weighted by molar-refractivity contribution is 0.205. The van der Waals surface area contributed by atoms with Crippen LogP contribution in [0.1, 0.15) is 44.6 Å². The van der Waals surface area contributed by atoms with Gasteiger partial charge in [-0.3, -0.25) is 0 Å². The average molecular weight is 392 g/mol. The minimum Gasteiger partial charge on any atom is -0.389 e. The Morgan fingerprint density at radius 2 is 1.61 bits per heavy atom. The summed E-state index contributed by atoms with van der Waals surface area (Å²) in [6.07, 6.45) is 5.43. The minimum atomic E-state index is -1.75. The highest BCUT2D eigenvalue weighted by molar-refractivity contribution is 6.83. The van der Waals surface area contributed by atoms with Crippen molar-refractivity contribution in [3.63, 3.8) is 0 Å². The van der Waals surface area contributed by atoms with Crippen LogP contribution in [0, 0.1) is 0 Å². The van der Waals surface area contributed by atoms with E-state index in [0.29, 0.717) is 6.05 Å². The van der Waals surface area contributed by atoms with Gasteiger partial charge in [-0.25, -0.2) is 0 Å². The Labute approximate surface area is 173 Å². The van der Waals surface area contributed by atoms with Crippen molar-refractivity contribution in [3.8, 4) is 0 Å². The lowest BCUT2D eigenvalue weighted by atomic mass is 9.86. The Hall–Kier alpha value is -1.90. The molecule has 1 N–H and O–H groups in total. The lowest BCUT2D eigenvalue weighted by Crippen LogP contribution is -2.35. The molecule has 1 aliphatic rings. The maximum Gasteiger partial charge on any atom is 0.0761 e. The smallest absolute Gasteiger partial charge is 0.0761 e. The maximum atomic E-state index is 11.3. The summed E-state index contributed by atoms with van der Waals surface area (Å²) in [6, 6.07) is 21.1. The van der Waals surface area contributed by atoms with Crippen molar-refractivity contribution in [2.75, 3.05) is 0 Å². The Morgan fingerprint density at radius 3 is 2.25 bits per heavy atom. The van der Waals surface area contributed by atoms with Gasteiger partial charge < -0.3 is 5.11 Å². The van der Waals surface area contributed by atoms with Crippen LogP contribution in [0.25, 0.3) is 6.05 Å². The van der Waals surface area contributed by atoms with Crippen LogP contribution in [0.5, 0.6) is 0 Å². The van der Waals surface area contributed by atoms with E-state index in [2.05, 4.69) is 43.9 Å². The summed E-state index contributed by atoms with van der Waals surface area (Å²) in [5, 5.41) is 12.6. The molecule has 0 heterocycles. The van der Waals surface area contributed by atoms with Crippen LogP contribution >= 0.6 is 0 Å². The summed E-state index contributed by atoms with van der Waals surface area (Å²) in [6.45, 7) is 7.00. The van der Waals surface area contributed by atoms with Gasteiger partial charge in [-0.15, -0.1) is 0 Å². The summed E-state index contributed by atoms with van der Waals surface area (Å²) < 4.78 is 8.89. The van der Waals surface area contributed by atoms with E-state index >= 15 is 0 Å². The van der Waals surface area contributed by atoms with Gasteiger partial charge in [0.2, 0.25) is 0 Å². The van der Waals surface area contributed by atoms with Crippen molar-refractivity contribution in [3.05, 3.63) is 88.1 Å². The monoisotopic (exact) mass is 391 g/mol. The second-order valence-corrected chi connectivity index (χ2v) is 13.9. The number of rotatable bonds is 6. The first kappa shape index (κ1) is 19.4. The molecule has 1 fully saturated rings. The van der Waals surface area contributed by atoms with Crippen LogP contribution < -0.4 is 0 Å². The minimum absolute atomic E-state index is 0.423. The summed E-state index contributed by atoms with van der Waals surface area (Å²) in [5.74, 6) is 0. The Kier molecular flexibility index (Phi) is 6.61. The predicted molar refractivity (Wildman–Crippen MR) is 124 cm³/mol. The van der Waals surface area contributed by atoms with Crippen molar-refractivity contribution in [1.29, 1.82) is 0 Å². The third-order valence-corrected chi connectivity index (χ3v) is 7.80. The van der Waals surface area contributed by atoms with Crippen LogP contribution in [0.4, 0.5) is 0 Å². The number of hydrogen-bond donors (Lipinski definition) is 1. The molecule has 0 aliphatic heterocycles. The highest BCUT2D eigenvalue weighted by Crippen LogP contribution is 2.37. The first-order valence-corrected chi connectivity index (χ1v) is 14.1. The van der Waals surface area contributed by atoms with E-state index < -0.39 is 14.2 Å². The molecule has 2 aromatic carbocycles. The molecule has 1 atom stereocenters. The van der Waals surface area contributed by atoms with E-state index in [9.17, 15) is 5.11 Å². The standard InChI is InChI=1S/C26H34OSi/c1-28(2,3)26(25(27)19-18-21-12-6-4-7-13-21)24-17-11-10-16-23(24)20-22-14-8-5-9-15-22/h4-9,12-15,20,25,27H,10-11,16-19H2,1-3H3/b23-20?,26-24+/i20D. The molecule has 148 valence electrons. The van der Waals surface area contributed by atoms with E-state index in [4.69, 9.17) is 1.37 Å². The van der Waals surface area contributed by atoms with Crippen molar-refractivity contribution in [2.24, 2.45) is 0 Å². The lowest BCUT2D eigenvalue weighted by Gasteiger charge is -2.33. The average Bonchev–Trinajstić information content (AvgIpc) is 2.73. The Bertz CT molecular complexity index is 863. The van der Waals surface area contributed by atoms with E-state index in [1.54, 1.807) is 0 Å². The number of benzene rings is 2. The number of aryl methyl sites for hydroxylation is 1. The molecule has 0 spiro atoms. The van der Waals surface area contributed by atoms with Gasteiger partial charge in [0.1, 0.15) is 0 Å². The molecule has 1 nitrogen and oxygen atoms in total. The van der Waals surface area contributed by atoms with Gasteiger partial charge in [0, 0.05) is 0 Å². The fourth-order valence-electron chi connectivity index (χ4n) is 4.28. The zero-order valence-electron chi connectivity index (χ0n) is 18.5. The molecular weight excluding hydrogens is 356 g/mol. The molecular formula is C26H34OSi. The van der Waals surface area contributed by atoms with Gasteiger partial charge in [0.05, 0.1) is 15.5 Å². The van der Waals surface area contributed by atoms with E-state index in [1.165, 1.54) is 21.9 Å². The van der Waals surface area contributed by atoms with Crippen LogP contribution in [-0.4, -0.2) is 19.3 Å². The molecule has 1 saturated carbocycles. The van der Waals surface area contributed by atoms with Crippen molar-refractivity contribution in [2.45, 2.75) is 64.3 Å². The van der Waals surface area contributed by atoms with E-state index in [1.807, 2.05) is 36.4 Å². The first-order chi connectivity index (χ1) is 13.9. The largest absolute Gasteiger partial charge is 0.389 e. The van der Waals surface area contributed by atoms with Crippen molar-refractivity contribution in [1.82, 2.24) is 0 Å². The number of allylic oxidation sites excluding steroid dienone is 2. The van der Waals surface area contributed by atoms with Crippen LogP contribution in [0.3, 0.4) is 0 Å². The van der Waals surface area contributed by atoms with E-state index in [0.717, 1.165) is 44.1 Å². The molecule has 1 unspecified atom stereocenters. The molecule has 2 aromatic rings. The van der Waals surface area contributed by atoms with Crippen LogP contribution in [0.15, 0.2) is 77.0 Å². The predicted octanol–water partition coefficient (Wildman–Crippen LogP) is 6.81. The topological polar surface area (TPSA) is 20.2 Å². The quantitative estimate of drug-likeness (QED) is 0.536. The van der Waals surface area contributed by atoms with Gasteiger partial charge in [0.15, 0.2) is 0 Å². The highest BCUT2D eigenvalue weighted by atomic mass is 28.3. The third-order valence-electron chi connectivity index (χ3n) is 5.55. The van der Waals surface area contributed by atoms with Gasteiger partial charge in [-0.1, -0.05) is 91.6 Å². The highest BCUT2D eigenvalue weighted by Gasteiger charge is 2.30. The summed E-state index contributed by atoms with van der Waals surface area (Å²) in [5.41, 5.74) is 4.72. The van der Waals surface area contributed by atoms with E-state index in [-0.39, 0.29) is 0 Å². The summed E-state index contributed by atoms with van der Waals surface area (Å²) in [7, 11) is -1.75. The second-order valence-electron chi connectivity index (χ2n) is 8.86. The second kappa shape index (κ2) is 9.53. The van der Waals surface area contributed by atoms with Gasteiger partial charge >= 0.3 is 0 Å². The molecule has 0 bridgehead atoms. The zero-order valence-corrected chi connectivity index (χ0v) is 18.5. The zero-order chi connectivity index (χ0) is 20.9. The SMILES string of the molecule is [2H]C(=C1CCCC/C1=C(/C(O)CCc1ccccc1)[Si](C)(C)C)c1ccccc1.